The van der Waals surface area contributed by atoms with E-state index in [9.17, 15) is 24.3 Å². The Bertz CT molecular complexity index is 1360. The number of nitrogens with two attached hydrogens (primary N) is 1. The molecule has 226 valence electrons. The molecule has 3 aromatic rings. The normalized spacial score (nSPS) is 14.9. The highest BCUT2D eigenvalue weighted by atomic mass is 16.4. The number of carboxylic acids is 1. The van der Waals surface area contributed by atoms with Crippen LogP contribution in [-0.4, -0.2) is 57.9 Å². The minimum absolute atomic E-state index is 0.0593. The molecule has 3 amide bonds. The molecule has 0 saturated heterocycles. The van der Waals surface area contributed by atoms with E-state index in [1.807, 2.05) is 58.0 Å². The highest BCUT2D eigenvalue weighted by Crippen LogP contribution is 2.20. The molecule has 5 unspecified atom stereocenters. The number of hydrogen-bond donors (Lipinski definition) is 6. The maximum absolute atomic E-state index is 13.6. The Morgan fingerprint density at radius 1 is 0.810 bits per heavy atom. The molecule has 5 atom stereocenters. The molecule has 0 spiro atoms. The number of aromatic nitrogens is 1. The minimum atomic E-state index is -1.21. The van der Waals surface area contributed by atoms with Crippen molar-refractivity contribution in [1.82, 2.24) is 20.9 Å². The molecule has 7 N–H and O–H groups in total. The van der Waals surface area contributed by atoms with Crippen LogP contribution in [0.15, 0.2) is 60.8 Å². The topological polar surface area (TPSA) is 166 Å². The SMILES string of the molecule is CCC(C)C(N)C(=O)NC(CC(C)C)C(=O)NC(Cc1c[nH]c2ccccc12)C(=O)NC(Cc1ccccc1)C(=O)O. The number of carbonyl (C=O) groups is 4. The van der Waals surface area contributed by atoms with Gasteiger partial charge >= 0.3 is 5.97 Å². The van der Waals surface area contributed by atoms with Gasteiger partial charge in [0.25, 0.3) is 0 Å². The number of fused-ring (bicyclic) bond motifs is 1. The number of para-hydroxylation sites is 1. The molecule has 1 aromatic heterocycles. The molecular formula is C32H43N5O5. The van der Waals surface area contributed by atoms with E-state index in [0.717, 1.165) is 22.0 Å². The van der Waals surface area contributed by atoms with Crippen LogP contribution in [0.3, 0.4) is 0 Å². The van der Waals surface area contributed by atoms with Crippen LogP contribution in [-0.2, 0) is 32.0 Å². The molecule has 0 aliphatic rings. The number of hydrogen-bond acceptors (Lipinski definition) is 5. The van der Waals surface area contributed by atoms with Crippen molar-refractivity contribution >= 4 is 34.6 Å². The zero-order valence-corrected chi connectivity index (χ0v) is 24.7. The number of amides is 3. The van der Waals surface area contributed by atoms with Crippen molar-refractivity contribution in [3.05, 3.63) is 71.9 Å². The number of nitrogens with one attached hydrogen (secondary N) is 4. The van der Waals surface area contributed by atoms with E-state index in [2.05, 4.69) is 20.9 Å². The summed E-state index contributed by atoms with van der Waals surface area (Å²) in [5, 5.41) is 19.0. The van der Waals surface area contributed by atoms with E-state index < -0.39 is 47.9 Å². The molecule has 3 rings (SSSR count). The first-order valence-corrected chi connectivity index (χ1v) is 14.5. The molecule has 42 heavy (non-hydrogen) atoms. The summed E-state index contributed by atoms with van der Waals surface area (Å²) in [6.07, 6.45) is 2.99. The summed E-state index contributed by atoms with van der Waals surface area (Å²) in [6, 6.07) is 12.6. The highest BCUT2D eigenvalue weighted by Gasteiger charge is 2.32. The van der Waals surface area contributed by atoms with Gasteiger partial charge in [0.2, 0.25) is 17.7 Å². The van der Waals surface area contributed by atoms with E-state index in [0.29, 0.717) is 12.8 Å². The van der Waals surface area contributed by atoms with Crippen molar-refractivity contribution in [3.63, 3.8) is 0 Å². The van der Waals surface area contributed by atoms with Gasteiger partial charge in [-0.2, -0.15) is 0 Å². The van der Waals surface area contributed by atoms with Crippen molar-refractivity contribution in [3.8, 4) is 0 Å². The van der Waals surface area contributed by atoms with Crippen molar-refractivity contribution in [1.29, 1.82) is 0 Å². The first-order chi connectivity index (χ1) is 20.0. The number of aliphatic carboxylic acids is 1. The van der Waals surface area contributed by atoms with Gasteiger partial charge in [0.05, 0.1) is 6.04 Å². The predicted octanol–water partition coefficient (Wildman–Crippen LogP) is 2.91. The van der Waals surface area contributed by atoms with Gasteiger partial charge < -0.3 is 31.8 Å². The molecule has 10 heteroatoms. The Kier molecular flexibility index (Phi) is 11.7. The van der Waals surface area contributed by atoms with Crippen molar-refractivity contribution in [2.45, 2.75) is 77.5 Å². The number of benzene rings is 2. The Morgan fingerprint density at radius 2 is 1.40 bits per heavy atom. The molecule has 0 radical (unpaired) electrons. The van der Waals surface area contributed by atoms with E-state index in [1.54, 1.807) is 30.5 Å². The Morgan fingerprint density at radius 3 is 2.05 bits per heavy atom. The van der Waals surface area contributed by atoms with E-state index in [1.165, 1.54) is 0 Å². The van der Waals surface area contributed by atoms with Crippen LogP contribution in [0.5, 0.6) is 0 Å². The van der Waals surface area contributed by atoms with Crippen LogP contribution in [0.2, 0.25) is 0 Å². The third-order valence-electron chi connectivity index (χ3n) is 7.53. The van der Waals surface area contributed by atoms with Gasteiger partial charge in [-0.15, -0.1) is 0 Å². The molecule has 0 fully saturated rings. The maximum Gasteiger partial charge on any atom is 0.326 e. The molecule has 0 saturated carbocycles. The van der Waals surface area contributed by atoms with Crippen LogP contribution in [0.4, 0.5) is 0 Å². The average molecular weight is 578 g/mol. The van der Waals surface area contributed by atoms with Crippen molar-refractivity contribution in [2.75, 3.05) is 0 Å². The fraction of sp³-hybridized carbons (Fsp3) is 0.438. The van der Waals surface area contributed by atoms with Crippen LogP contribution in [0.25, 0.3) is 10.9 Å². The molecular weight excluding hydrogens is 534 g/mol. The summed E-state index contributed by atoms with van der Waals surface area (Å²) >= 11 is 0. The molecule has 0 bridgehead atoms. The van der Waals surface area contributed by atoms with E-state index in [-0.39, 0.29) is 24.7 Å². The Labute approximate surface area is 246 Å². The second-order valence-electron chi connectivity index (χ2n) is 11.3. The number of H-pyrrole nitrogens is 1. The lowest BCUT2D eigenvalue weighted by Gasteiger charge is -2.27. The fourth-order valence-corrected chi connectivity index (χ4v) is 4.81. The quantitative estimate of drug-likeness (QED) is 0.162. The van der Waals surface area contributed by atoms with E-state index in [4.69, 9.17) is 5.73 Å². The van der Waals surface area contributed by atoms with Gasteiger partial charge in [-0.25, -0.2) is 4.79 Å². The number of aromatic amines is 1. The highest BCUT2D eigenvalue weighted by molar-refractivity contribution is 5.95. The molecule has 0 aliphatic heterocycles. The van der Waals surface area contributed by atoms with Gasteiger partial charge in [-0.1, -0.05) is 82.6 Å². The summed E-state index contributed by atoms with van der Waals surface area (Å²) in [4.78, 5) is 55.4. The predicted molar refractivity (Wildman–Crippen MR) is 162 cm³/mol. The first-order valence-electron chi connectivity index (χ1n) is 14.5. The lowest BCUT2D eigenvalue weighted by molar-refractivity contribution is -0.142. The molecule has 2 aromatic carbocycles. The van der Waals surface area contributed by atoms with Gasteiger partial charge in [0.1, 0.15) is 18.1 Å². The van der Waals surface area contributed by atoms with Crippen molar-refractivity contribution < 1.29 is 24.3 Å². The number of carboxylic acid groups (broad SMARTS) is 1. The Balaban J connectivity index is 1.87. The standard InChI is InChI=1S/C32H43N5O5/c1-5-20(4)28(33)31(40)36-25(15-19(2)3)29(38)35-26(17-22-18-34-24-14-10-9-13-23(22)24)30(39)37-27(32(41)42)16-21-11-7-6-8-12-21/h6-14,18-20,25-28,34H,5,15-17,33H2,1-4H3,(H,35,38)(H,36,40)(H,37,39)(H,41,42). The average Bonchev–Trinajstić information content (AvgIpc) is 3.38. The lowest BCUT2D eigenvalue weighted by atomic mass is 9.97. The largest absolute Gasteiger partial charge is 0.480 e. The van der Waals surface area contributed by atoms with Crippen LogP contribution >= 0.6 is 0 Å². The second kappa shape index (κ2) is 15.2. The van der Waals surface area contributed by atoms with Crippen LogP contribution < -0.4 is 21.7 Å². The monoisotopic (exact) mass is 577 g/mol. The summed E-state index contributed by atoms with van der Waals surface area (Å²) in [7, 11) is 0. The smallest absolute Gasteiger partial charge is 0.326 e. The first kappa shape index (κ1) is 32.3. The fourth-order valence-electron chi connectivity index (χ4n) is 4.81. The van der Waals surface area contributed by atoms with Crippen LogP contribution in [0.1, 0.15) is 51.7 Å². The van der Waals surface area contributed by atoms with Gasteiger partial charge in [0, 0.05) is 29.9 Å². The van der Waals surface area contributed by atoms with Crippen LogP contribution in [0, 0.1) is 11.8 Å². The zero-order chi connectivity index (χ0) is 30.8. The molecule has 10 nitrogen and oxygen atoms in total. The maximum atomic E-state index is 13.6. The molecule has 0 aliphatic carbocycles. The lowest BCUT2D eigenvalue weighted by Crippen LogP contribution is -2.58. The van der Waals surface area contributed by atoms with Gasteiger partial charge in [0.15, 0.2) is 0 Å². The number of rotatable bonds is 15. The third-order valence-corrected chi connectivity index (χ3v) is 7.53. The minimum Gasteiger partial charge on any atom is -0.480 e. The second-order valence-corrected chi connectivity index (χ2v) is 11.3. The zero-order valence-electron chi connectivity index (χ0n) is 24.7. The number of carbonyl (C=O) groups excluding carboxylic acids is 3. The van der Waals surface area contributed by atoms with Gasteiger partial charge in [-0.05, 0) is 35.4 Å². The summed E-state index contributed by atoms with van der Waals surface area (Å²) in [6.45, 7) is 7.67. The van der Waals surface area contributed by atoms with Gasteiger partial charge in [-0.3, -0.25) is 14.4 Å². The summed E-state index contributed by atoms with van der Waals surface area (Å²) < 4.78 is 0. The third kappa shape index (κ3) is 8.91. The van der Waals surface area contributed by atoms with Crippen molar-refractivity contribution in [2.24, 2.45) is 17.6 Å². The summed E-state index contributed by atoms with van der Waals surface area (Å²) in [5.41, 5.74) is 8.52. The summed E-state index contributed by atoms with van der Waals surface area (Å²) in [5.74, 6) is -2.81. The van der Waals surface area contributed by atoms with E-state index >= 15 is 0 Å². The molecule has 1 heterocycles. The Hall–Kier alpha value is -4.18.